The number of nitrogens with one attached hydrogen (secondary N) is 1. The molecule has 4 nitrogen and oxygen atoms in total. The quantitative estimate of drug-likeness (QED) is 0.846. The molecule has 5 heteroatoms. The fourth-order valence-electron chi connectivity index (χ4n) is 3.24. The highest BCUT2D eigenvalue weighted by Gasteiger charge is 2.22. The smallest absolute Gasteiger partial charge is 0.151 e. The minimum Gasteiger partial charge on any atom is -0.312 e. The van der Waals surface area contributed by atoms with Crippen molar-refractivity contribution < 1.29 is 8.42 Å². The first-order valence-electron chi connectivity index (χ1n) is 7.73. The van der Waals surface area contributed by atoms with Crippen LogP contribution in [-0.4, -0.2) is 57.0 Å². The molecule has 0 aromatic carbocycles. The maximum atomic E-state index is 11.5. The van der Waals surface area contributed by atoms with Gasteiger partial charge in [-0.3, -0.25) is 0 Å². The summed E-state index contributed by atoms with van der Waals surface area (Å²) in [5, 5.41) is 3.67. The fourth-order valence-corrected chi connectivity index (χ4v) is 4.55. The molecule has 1 saturated carbocycles. The SMILES string of the molecule is CC1CCCCC1NCCN1CCCS(=O)(=O)CC1. The number of nitrogens with zero attached hydrogens (tertiary/aromatic N) is 1. The summed E-state index contributed by atoms with van der Waals surface area (Å²) in [4.78, 5) is 2.30. The predicted molar refractivity (Wildman–Crippen MR) is 79.1 cm³/mol. The fraction of sp³-hybridized carbons (Fsp3) is 1.00. The van der Waals surface area contributed by atoms with E-state index in [2.05, 4.69) is 17.1 Å². The average Bonchev–Trinajstić information content (AvgIpc) is 2.53. The molecule has 2 aliphatic rings. The molecule has 1 aliphatic carbocycles. The lowest BCUT2D eigenvalue weighted by molar-refractivity contribution is 0.249. The molecule has 0 aromatic heterocycles. The number of hydrogen-bond donors (Lipinski definition) is 1. The Kier molecular flexibility index (Phi) is 5.66. The van der Waals surface area contributed by atoms with Gasteiger partial charge in [0.1, 0.15) is 0 Å². The van der Waals surface area contributed by atoms with Gasteiger partial charge in [-0.05, 0) is 31.7 Å². The van der Waals surface area contributed by atoms with Gasteiger partial charge < -0.3 is 10.2 Å². The van der Waals surface area contributed by atoms with Gasteiger partial charge in [0.2, 0.25) is 0 Å². The second-order valence-electron chi connectivity index (χ2n) is 6.17. The second-order valence-corrected chi connectivity index (χ2v) is 8.47. The zero-order valence-electron chi connectivity index (χ0n) is 12.1. The van der Waals surface area contributed by atoms with Gasteiger partial charge in [0.05, 0.1) is 11.5 Å². The van der Waals surface area contributed by atoms with E-state index in [1.54, 1.807) is 0 Å². The van der Waals surface area contributed by atoms with E-state index in [-0.39, 0.29) is 0 Å². The van der Waals surface area contributed by atoms with Gasteiger partial charge >= 0.3 is 0 Å². The zero-order chi connectivity index (χ0) is 13.7. The number of sulfone groups is 1. The van der Waals surface area contributed by atoms with Crippen LogP contribution in [0.2, 0.25) is 0 Å². The first-order chi connectivity index (χ1) is 9.07. The lowest BCUT2D eigenvalue weighted by atomic mass is 9.86. The largest absolute Gasteiger partial charge is 0.312 e. The van der Waals surface area contributed by atoms with Crippen LogP contribution >= 0.6 is 0 Å². The van der Waals surface area contributed by atoms with Crippen molar-refractivity contribution >= 4 is 9.84 Å². The molecule has 2 unspecified atom stereocenters. The van der Waals surface area contributed by atoms with E-state index in [0.717, 1.165) is 32.0 Å². The van der Waals surface area contributed by atoms with Crippen LogP contribution in [0.5, 0.6) is 0 Å². The minimum atomic E-state index is -2.77. The van der Waals surface area contributed by atoms with Crippen molar-refractivity contribution in [2.75, 3.05) is 37.7 Å². The molecule has 2 rings (SSSR count). The third kappa shape index (κ3) is 5.04. The summed E-state index contributed by atoms with van der Waals surface area (Å²) in [5.41, 5.74) is 0. The van der Waals surface area contributed by atoms with E-state index in [1.165, 1.54) is 25.7 Å². The molecule has 0 spiro atoms. The van der Waals surface area contributed by atoms with Crippen molar-refractivity contribution in [2.45, 2.75) is 45.1 Å². The van der Waals surface area contributed by atoms with Crippen molar-refractivity contribution in [2.24, 2.45) is 5.92 Å². The van der Waals surface area contributed by atoms with Crippen LogP contribution in [0.3, 0.4) is 0 Å². The number of rotatable bonds is 4. The Labute approximate surface area is 117 Å². The van der Waals surface area contributed by atoms with E-state index in [4.69, 9.17) is 0 Å². The minimum absolute atomic E-state index is 0.340. The molecule has 19 heavy (non-hydrogen) atoms. The summed E-state index contributed by atoms with van der Waals surface area (Å²) in [5.74, 6) is 1.50. The van der Waals surface area contributed by atoms with Crippen LogP contribution in [0, 0.1) is 5.92 Å². The molecule has 1 N–H and O–H groups in total. The Morgan fingerprint density at radius 3 is 2.68 bits per heavy atom. The van der Waals surface area contributed by atoms with Gasteiger partial charge in [0.25, 0.3) is 0 Å². The van der Waals surface area contributed by atoms with Crippen molar-refractivity contribution in [3.63, 3.8) is 0 Å². The highest BCUT2D eigenvalue weighted by atomic mass is 32.2. The summed E-state index contributed by atoms with van der Waals surface area (Å²) in [7, 11) is -2.77. The van der Waals surface area contributed by atoms with Crippen LogP contribution < -0.4 is 5.32 Å². The molecule has 0 radical (unpaired) electrons. The van der Waals surface area contributed by atoms with Gasteiger partial charge in [-0.2, -0.15) is 0 Å². The first-order valence-corrected chi connectivity index (χ1v) is 9.55. The highest BCUT2D eigenvalue weighted by molar-refractivity contribution is 7.91. The summed E-state index contributed by atoms with van der Waals surface area (Å²) in [6.07, 6.45) is 6.17. The van der Waals surface area contributed by atoms with E-state index in [0.29, 0.717) is 24.1 Å². The van der Waals surface area contributed by atoms with Gasteiger partial charge in [-0.15, -0.1) is 0 Å². The molecule has 1 aliphatic heterocycles. The van der Waals surface area contributed by atoms with E-state index in [1.807, 2.05) is 0 Å². The second kappa shape index (κ2) is 7.04. The normalized spacial score (nSPS) is 32.9. The molecular formula is C14H28N2O2S. The van der Waals surface area contributed by atoms with Crippen LogP contribution in [0.1, 0.15) is 39.0 Å². The third-order valence-corrected chi connectivity index (χ3v) is 6.31. The lowest BCUT2D eigenvalue weighted by Crippen LogP contribution is -2.42. The zero-order valence-corrected chi connectivity index (χ0v) is 12.9. The van der Waals surface area contributed by atoms with Crippen molar-refractivity contribution in [3.05, 3.63) is 0 Å². The topological polar surface area (TPSA) is 49.4 Å². The van der Waals surface area contributed by atoms with E-state index in [9.17, 15) is 8.42 Å². The van der Waals surface area contributed by atoms with Gasteiger partial charge in [-0.1, -0.05) is 19.8 Å². The molecule has 1 heterocycles. The molecule has 1 saturated heterocycles. The molecule has 112 valence electrons. The average molecular weight is 288 g/mol. The molecule has 0 aromatic rings. The van der Waals surface area contributed by atoms with Crippen molar-refractivity contribution in [3.8, 4) is 0 Å². The molecule has 2 fully saturated rings. The third-order valence-electron chi connectivity index (χ3n) is 4.59. The van der Waals surface area contributed by atoms with Crippen LogP contribution in [-0.2, 0) is 9.84 Å². The molecule has 0 amide bonds. The summed E-state index contributed by atoms with van der Waals surface area (Å²) >= 11 is 0. The first kappa shape index (κ1) is 15.3. The van der Waals surface area contributed by atoms with Crippen LogP contribution in [0.4, 0.5) is 0 Å². The van der Waals surface area contributed by atoms with Crippen molar-refractivity contribution in [1.82, 2.24) is 10.2 Å². The highest BCUT2D eigenvalue weighted by Crippen LogP contribution is 2.23. The lowest BCUT2D eigenvalue weighted by Gasteiger charge is -2.30. The maximum absolute atomic E-state index is 11.5. The Bertz CT molecular complexity index is 370. The maximum Gasteiger partial charge on any atom is 0.151 e. The van der Waals surface area contributed by atoms with Crippen LogP contribution in [0.15, 0.2) is 0 Å². The van der Waals surface area contributed by atoms with Gasteiger partial charge in [-0.25, -0.2) is 8.42 Å². The Hall–Kier alpha value is -0.130. The molecule has 0 bridgehead atoms. The Balaban J connectivity index is 1.67. The predicted octanol–water partition coefficient (Wildman–Crippen LogP) is 1.28. The molecular weight excluding hydrogens is 260 g/mol. The van der Waals surface area contributed by atoms with Gasteiger partial charge in [0, 0.05) is 25.7 Å². The van der Waals surface area contributed by atoms with Crippen LogP contribution in [0.25, 0.3) is 0 Å². The summed E-state index contributed by atoms with van der Waals surface area (Å²) in [6.45, 7) is 5.97. The Morgan fingerprint density at radius 1 is 1.11 bits per heavy atom. The van der Waals surface area contributed by atoms with Gasteiger partial charge in [0.15, 0.2) is 9.84 Å². The monoisotopic (exact) mass is 288 g/mol. The summed E-state index contributed by atoms with van der Waals surface area (Å²) in [6, 6.07) is 0.671. The Morgan fingerprint density at radius 2 is 1.89 bits per heavy atom. The molecule has 2 atom stereocenters. The van der Waals surface area contributed by atoms with Crippen molar-refractivity contribution in [1.29, 1.82) is 0 Å². The van der Waals surface area contributed by atoms with E-state index < -0.39 is 9.84 Å². The standard InChI is InChI=1S/C14H28N2O2S/c1-13-5-2-3-6-14(13)15-7-9-16-8-4-11-19(17,18)12-10-16/h13-15H,2-12H2,1H3. The van der Waals surface area contributed by atoms with E-state index >= 15 is 0 Å². The summed E-state index contributed by atoms with van der Waals surface area (Å²) < 4.78 is 23.1. The number of hydrogen-bond acceptors (Lipinski definition) is 4.